The first-order chi connectivity index (χ1) is 23.1. The SMILES string of the molecule is Fc1ccc(-c2[c-]c(Oc3[c-]c4c(cc3)c3ccc(Oc5[c-]c(-c6ccc(F)cn6)ccc5)[c-]c3n4-c3ncccn3)ccc2)nc1.[Pt+2].[Pt+2]. The summed E-state index contributed by atoms with van der Waals surface area (Å²) in [5.41, 5.74) is 3.81. The summed E-state index contributed by atoms with van der Waals surface area (Å²) in [5, 5.41) is 1.76. The van der Waals surface area contributed by atoms with Gasteiger partial charge in [0.1, 0.15) is 11.6 Å². The summed E-state index contributed by atoms with van der Waals surface area (Å²) in [4.78, 5) is 17.3. The number of pyridine rings is 2. The number of hydrogen-bond acceptors (Lipinski definition) is 6. The molecule has 0 saturated heterocycles. The van der Waals surface area contributed by atoms with Crippen molar-refractivity contribution in [3.63, 3.8) is 0 Å². The van der Waals surface area contributed by atoms with E-state index in [1.54, 1.807) is 42.7 Å². The molecular weight excluding hydrogens is 987 g/mol. The molecule has 0 aliphatic rings. The minimum atomic E-state index is -0.412. The molecule has 0 amide bonds. The molecule has 0 bridgehead atoms. The van der Waals surface area contributed by atoms with Crippen LogP contribution in [0.5, 0.6) is 23.0 Å². The number of fused-ring (bicyclic) bond motifs is 3. The molecule has 7 nitrogen and oxygen atoms in total. The third kappa shape index (κ3) is 7.05. The number of hydrogen-bond donors (Lipinski definition) is 0. The van der Waals surface area contributed by atoms with E-state index in [1.807, 2.05) is 53.1 Å². The Balaban J connectivity index is 0.00000208. The summed E-state index contributed by atoms with van der Waals surface area (Å²) >= 11 is 0. The van der Waals surface area contributed by atoms with Gasteiger partial charge < -0.3 is 24.0 Å². The van der Waals surface area contributed by atoms with Gasteiger partial charge in [0.25, 0.3) is 0 Å². The Morgan fingerprint density at radius 3 is 1.41 bits per heavy atom. The van der Waals surface area contributed by atoms with Crippen LogP contribution in [0.15, 0.2) is 116 Å². The Kier molecular flexibility index (Phi) is 10.0. The second kappa shape index (κ2) is 14.6. The van der Waals surface area contributed by atoms with Gasteiger partial charge in [-0.2, -0.15) is 22.9 Å². The van der Waals surface area contributed by atoms with Crippen molar-refractivity contribution in [1.29, 1.82) is 0 Å². The molecule has 0 fully saturated rings. The first-order valence-electron chi connectivity index (χ1n) is 14.4. The van der Waals surface area contributed by atoms with Crippen molar-refractivity contribution in [3.05, 3.63) is 152 Å². The maximum Gasteiger partial charge on any atom is 2.00 e. The van der Waals surface area contributed by atoms with Crippen molar-refractivity contribution < 1.29 is 60.4 Å². The van der Waals surface area contributed by atoms with Crippen molar-refractivity contribution in [1.82, 2.24) is 24.5 Å². The van der Waals surface area contributed by atoms with E-state index in [4.69, 9.17) is 9.47 Å². The monoisotopic (exact) mass is 1010 g/mol. The van der Waals surface area contributed by atoms with Gasteiger partial charge in [0.15, 0.2) is 0 Å². The average Bonchev–Trinajstić information content (AvgIpc) is 3.42. The molecule has 4 heterocycles. The standard InChI is InChI=1S/C38H19F2N5O2.2Pt/c39-26-8-14-34(43-22-26)24-4-1-6-28(18-24)46-30-10-12-32-33-13-11-31(21-37(33)45(36(32)20-30)38-41-16-3-17-42-38)47-29-7-2-5-25(19-29)35-15-9-27(40)23-44-35;;/h1-17,22-23H;;/q-4;2*+2. The van der Waals surface area contributed by atoms with Crippen LogP contribution in [0.3, 0.4) is 0 Å². The van der Waals surface area contributed by atoms with E-state index in [1.165, 1.54) is 12.1 Å². The molecule has 49 heavy (non-hydrogen) atoms. The molecule has 8 aromatic rings. The normalized spacial score (nSPS) is 10.7. The largest absolute Gasteiger partial charge is 2.00 e. The van der Waals surface area contributed by atoms with Crippen LogP contribution in [-0.4, -0.2) is 24.5 Å². The Bertz CT molecular complexity index is 2240. The van der Waals surface area contributed by atoms with E-state index < -0.39 is 11.6 Å². The predicted molar refractivity (Wildman–Crippen MR) is 171 cm³/mol. The number of rotatable bonds is 7. The molecule has 11 heteroatoms. The maximum absolute atomic E-state index is 13.4. The van der Waals surface area contributed by atoms with Gasteiger partial charge in [-0.15, -0.1) is 71.8 Å². The third-order valence-electron chi connectivity index (χ3n) is 7.27. The number of nitrogens with zero attached hydrogens (tertiary/aromatic N) is 5. The summed E-state index contributed by atoms with van der Waals surface area (Å²) in [7, 11) is 0. The van der Waals surface area contributed by atoms with Crippen LogP contribution in [0.4, 0.5) is 8.78 Å². The molecule has 8 rings (SSSR count). The molecule has 4 aromatic carbocycles. The molecule has 0 radical (unpaired) electrons. The Morgan fingerprint density at radius 2 is 0.959 bits per heavy atom. The molecule has 4 aromatic heterocycles. The van der Waals surface area contributed by atoms with E-state index in [2.05, 4.69) is 44.2 Å². The molecule has 0 N–H and O–H groups in total. The van der Waals surface area contributed by atoms with E-state index in [0.717, 1.165) is 23.2 Å². The Labute approximate surface area is 308 Å². The number of benzene rings is 4. The van der Waals surface area contributed by atoms with Crippen LogP contribution < -0.4 is 9.47 Å². The zero-order valence-electron chi connectivity index (χ0n) is 24.9. The molecule has 0 unspecified atom stereocenters. The summed E-state index contributed by atoms with van der Waals surface area (Å²) in [6.45, 7) is 0. The van der Waals surface area contributed by atoms with Crippen molar-refractivity contribution in [2.45, 2.75) is 0 Å². The first-order valence-corrected chi connectivity index (χ1v) is 14.4. The summed E-state index contributed by atoms with van der Waals surface area (Å²) in [6.07, 6.45) is 5.65. The second-order valence-electron chi connectivity index (χ2n) is 10.3. The van der Waals surface area contributed by atoms with Crippen molar-refractivity contribution in [2.75, 3.05) is 0 Å². The van der Waals surface area contributed by atoms with E-state index in [-0.39, 0.29) is 42.1 Å². The zero-order valence-corrected chi connectivity index (χ0v) is 29.5. The summed E-state index contributed by atoms with van der Waals surface area (Å²) in [5.74, 6) is 1.36. The van der Waals surface area contributed by atoms with E-state index in [0.29, 0.717) is 62.5 Å². The summed E-state index contributed by atoms with van der Waals surface area (Å²) < 4.78 is 41.0. The van der Waals surface area contributed by atoms with Gasteiger partial charge in [-0.25, -0.2) is 18.7 Å². The van der Waals surface area contributed by atoms with E-state index in [9.17, 15) is 8.78 Å². The fourth-order valence-corrected chi connectivity index (χ4v) is 5.17. The fourth-order valence-electron chi connectivity index (χ4n) is 5.17. The maximum atomic E-state index is 13.4. The van der Waals surface area contributed by atoms with Crippen molar-refractivity contribution in [3.8, 4) is 51.5 Å². The molecule has 0 spiro atoms. The number of ether oxygens (including phenoxy) is 2. The third-order valence-corrected chi connectivity index (χ3v) is 7.27. The topological polar surface area (TPSA) is 75.0 Å². The minimum Gasteiger partial charge on any atom is -0.503 e. The Hall–Kier alpha value is -5.10. The van der Waals surface area contributed by atoms with Gasteiger partial charge in [-0.3, -0.25) is 0 Å². The minimum absolute atomic E-state index is 0. The average molecular weight is 1010 g/mol. The van der Waals surface area contributed by atoms with Crippen molar-refractivity contribution in [2.24, 2.45) is 0 Å². The van der Waals surface area contributed by atoms with Crippen LogP contribution in [0.1, 0.15) is 0 Å². The first kappa shape index (κ1) is 33.8. The van der Waals surface area contributed by atoms with Gasteiger partial charge >= 0.3 is 42.1 Å². The van der Waals surface area contributed by atoms with Gasteiger partial charge in [-0.1, -0.05) is 35.3 Å². The predicted octanol–water partition coefficient (Wildman–Crippen LogP) is 8.76. The van der Waals surface area contributed by atoms with Gasteiger partial charge in [0.05, 0.1) is 12.4 Å². The van der Waals surface area contributed by atoms with E-state index >= 15 is 0 Å². The van der Waals surface area contributed by atoms with Crippen LogP contribution >= 0.6 is 0 Å². The van der Waals surface area contributed by atoms with Gasteiger partial charge in [0.2, 0.25) is 5.95 Å². The molecule has 0 aliphatic heterocycles. The quantitative estimate of drug-likeness (QED) is 0.149. The number of halogens is 2. The molecule has 0 atom stereocenters. The second-order valence-corrected chi connectivity index (χ2v) is 10.3. The fraction of sp³-hybridized carbons (Fsp3) is 0. The van der Waals surface area contributed by atoms with Crippen LogP contribution in [0, 0.1) is 35.9 Å². The smallest absolute Gasteiger partial charge is 0.503 e. The van der Waals surface area contributed by atoms with Crippen molar-refractivity contribution >= 4 is 21.8 Å². The summed E-state index contributed by atoms with van der Waals surface area (Å²) in [6, 6.07) is 39.1. The van der Waals surface area contributed by atoms with Crippen LogP contribution in [0.25, 0.3) is 50.3 Å². The van der Waals surface area contributed by atoms with Crippen LogP contribution in [0.2, 0.25) is 0 Å². The zero-order chi connectivity index (χ0) is 31.7. The Morgan fingerprint density at radius 1 is 0.490 bits per heavy atom. The molecular formula is C38H19F2N5O2Pt2. The number of aromatic nitrogens is 5. The molecule has 242 valence electrons. The molecule has 0 aliphatic carbocycles. The van der Waals surface area contributed by atoms with Gasteiger partial charge in [0, 0.05) is 35.4 Å². The van der Waals surface area contributed by atoms with Crippen LogP contribution in [-0.2, 0) is 42.1 Å². The van der Waals surface area contributed by atoms with Gasteiger partial charge in [-0.05, 0) is 29.6 Å². The molecule has 0 saturated carbocycles.